The van der Waals surface area contributed by atoms with Gasteiger partial charge >= 0.3 is 0 Å². The van der Waals surface area contributed by atoms with Gasteiger partial charge in [-0.25, -0.2) is 9.37 Å². The quantitative estimate of drug-likeness (QED) is 0.787. The fourth-order valence-corrected chi connectivity index (χ4v) is 4.45. The number of nitrogens with one attached hydrogen (secondary N) is 1. The van der Waals surface area contributed by atoms with Crippen LogP contribution in [0.4, 0.5) is 10.2 Å². The summed E-state index contributed by atoms with van der Waals surface area (Å²) in [6, 6.07) is 6.60. The summed E-state index contributed by atoms with van der Waals surface area (Å²) in [7, 11) is 0. The number of amides is 2. The van der Waals surface area contributed by atoms with E-state index in [4.69, 9.17) is 0 Å². The first-order valence-electron chi connectivity index (χ1n) is 10.4. The van der Waals surface area contributed by atoms with Crippen LogP contribution in [0.2, 0.25) is 0 Å². The fourth-order valence-electron chi connectivity index (χ4n) is 4.45. The molecule has 0 saturated carbocycles. The van der Waals surface area contributed by atoms with E-state index >= 15 is 0 Å². The number of anilines is 1. The number of halogens is 2. The van der Waals surface area contributed by atoms with Crippen LogP contribution in [0.1, 0.15) is 39.9 Å². The van der Waals surface area contributed by atoms with E-state index in [1.165, 1.54) is 6.07 Å². The molecule has 3 heterocycles. The van der Waals surface area contributed by atoms with Gasteiger partial charge in [-0.3, -0.25) is 9.59 Å². The van der Waals surface area contributed by atoms with Crippen LogP contribution in [0.15, 0.2) is 30.5 Å². The number of pyridine rings is 1. The van der Waals surface area contributed by atoms with Crippen LogP contribution >= 0.6 is 12.4 Å². The highest BCUT2D eigenvalue weighted by atomic mass is 35.5. The van der Waals surface area contributed by atoms with Crippen molar-refractivity contribution in [2.75, 3.05) is 37.6 Å². The molecule has 0 bridgehead atoms. The Balaban J connectivity index is 0.00000272. The van der Waals surface area contributed by atoms with Gasteiger partial charge in [0, 0.05) is 50.0 Å². The molecule has 0 spiro atoms. The van der Waals surface area contributed by atoms with Crippen molar-refractivity contribution in [1.29, 1.82) is 0 Å². The van der Waals surface area contributed by atoms with Crippen LogP contribution in [0.25, 0.3) is 0 Å². The predicted octanol–water partition coefficient (Wildman–Crippen LogP) is 3.07. The summed E-state index contributed by atoms with van der Waals surface area (Å²) in [6.07, 6.45) is 1.86. The second-order valence-corrected chi connectivity index (χ2v) is 8.37. The van der Waals surface area contributed by atoms with Crippen LogP contribution in [-0.4, -0.2) is 54.4 Å². The lowest BCUT2D eigenvalue weighted by Gasteiger charge is -2.36. The van der Waals surface area contributed by atoms with E-state index in [-0.39, 0.29) is 30.1 Å². The molecule has 1 N–H and O–H groups in total. The zero-order valence-electron chi connectivity index (χ0n) is 18.0. The molecule has 2 aromatic rings. The SMILES string of the molecule is Cc1cnc(N2CCN(C(=O)c3ccc([C@@H]4C(=O)NCC4C)c(F)c3)CC2)c(C)c1.Cl. The number of aryl methyl sites for hydroxylation is 2. The van der Waals surface area contributed by atoms with Gasteiger partial charge in [0.15, 0.2) is 0 Å². The maximum atomic E-state index is 14.8. The van der Waals surface area contributed by atoms with Crippen molar-refractivity contribution in [3.63, 3.8) is 0 Å². The predicted molar refractivity (Wildman–Crippen MR) is 120 cm³/mol. The number of hydrogen-bond donors (Lipinski definition) is 1. The first kappa shape index (κ1) is 23.0. The Hall–Kier alpha value is -2.67. The maximum Gasteiger partial charge on any atom is 0.254 e. The van der Waals surface area contributed by atoms with Crippen LogP contribution in [-0.2, 0) is 4.79 Å². The first-order valence-corrected chi connectivity index (χ1v) is 10.4. The van der Waals surface area contributed by atoms with Gasteiger partial charge < -0.3 is 15.1 Å². The lowest BCUT2D eigenvalue weighted by molar-refractivity contribution is -0.120. The third-order valence-electron chi connectivity index (χ3n) is 6.09. The molecule has 1 aromatic carbocycles. The number of hydrogen-bond acceptors (Lipinski definition) is 4. The first-order chi connectivity index (χ1) is 14.3. The molecule has 8 heteroatoms. The summed E-state index contributed by atoms with van der Waals surface area (Å²) in [6.45, 7) is 9.01. The van der Waals surface area contributed by atoms with Crippen molar-refractivity contribution in [2.24, 2.45) is 5.92 Å². The van der Waals surface area contributed by atoms with Crippen molar-refractivity contribution in [3.05, 3.63) is 58.5 Å². The molecule has 166 valence electrons. The van der Waals surface area contributed by atoms with Crippen molar-refractivity contribution in [1.82, 2.24) is 15.2 Å². The van der Waals surface area contributed by atoms with Gasteiger partial charge in [-0.05, 0) is 43.0 Å². The number of carbonyl (C=O) groups is 2. The van der Waals surface area contributed by atoms with Gasteiger partial charge in [0.1, 0.15) is 11.6 Å². The molecule has 0 radical (unpaired) electrons. The van der Waals surface area contributed by atoms with Crippen LogP contribution < -0.4 is 10.2 Å². The number of aromatic nitrogens is 1. The Morgan fingerprint density at radius 3 is 2.45 bits per heavy atom. The van der Waals surface area contributed by atoms with E-state index in [1.54, 1.807) is 17.0 Å². The van der Waals surface area contributed by atoms with Gasteiger partial charge in [0.05, 0.1) is 5.92 Å². The zero-order chi connectivity index (χ0) is 21.4. The number of nitrogens with zero attached hydrogens (tertiary/aromatic N) is 3. The lowest BCUT2D eigenvalue weighted by atomic mass is 9.89. The Labute approximate surface area is 188 Å². The minimum absolute atomic E-state index is 0. The molecular weight excluding hydrogens is 419 g/mol. The highest BCUT2D eigenvalue weighted by Gasteiger charge is 2.35. The summed E-state index contributed by atoms with van der Waals surface area (Å²) in [5.41, 5.74) is 2.93. The topological polar surface area (TPSA) is 65.5 Å². The summed E-state index contributed by atoms with van der Waals surface area (Å²) >= 11 is 0. The van der Waals surface area contributed by atoms with Crippen LogP contribution in [0.5, 0.6) is 0 Å². The number of benzene rings is 1. The third-order valence-corrected chi connectivity index (χ3v) is 6.09. The molecule has 2 saturated heterocycles. The van der Waals surface area contributed by atoms with Gasteiger partial charge in [0.2, 0.25) is 5.91 Å². The highest BCUT2D eigenvalue weighted by molar-refractivity contribution is 5.95. The minimum atomic E-state index is -0.497. The molecule has 1 unspecified atom stereocenters. The van der Waals surface area contributed by atoms with E-state index in [0.717, 1.165) is 16.9 Å². The molecule has 2 aliphatic heterocycles. The minimum Gasteiger partial charge on any atom is -0.355 e. The molecular formula is C23H28ClFN4O2. The maximum absolute atomic E-state index is 14.8. The Morgan fingerprint density at radius 2 is 1.87 bits per heavy atom. The molecule has 2 atom stereocenters. The molecule has 1 aromatic heterocycles. The molecule has 2 fully saturated rings. The molecule has 0 aliphatic carbocycles. The van der Waals surface area contributed by atoms with E-state index in [9.17, 15) is 14.0 Å². The monoisotopic (exact) mass is 446 g/mol. The standard InChI is InChI=1S/C23H27FN4O2.ClH/c1-14-10-15(2)21(25-12-14)27-6-8-28(9-7-27)23(30)17-4-5-18(19(24)11-17)20-16(3)13-26-22(20)29;/h4-5,10-12,16,20H,6-9,13H2,1-3H3,(H,26,29);1H/t16?,20-;/m1./s1. The summed E-state index contributed by atoms with van der Waals surface area (Å²) in [5.74, 6) is -0.349. The highest BCUT2D eigenvalue weighted by Crippen LogP contribution is 2.31. The number of rotatable bonds is 3. The summed E-state index contributed by atoms with van der Waals surface area (Å²) in [5, 5.41) is 2.77. The normalized spacial score (nSPS) is 21.0. The Morgan fingerprint density at radius 1 is 1.16 bits per heavy atom. The molecule has 2 aliphatic rings. The second-order valence-electron chi connectivity index (χ2n) is 8.37. The van der Waals surface area contributed by atoms with E-state index in [0.29, 0.717) is 43.9 Å². The van der Waals surface area contributed by atoms with Crippen molar-refractivity contribution in [2.45, 2.75) is 26.7 Å². The fraction of sp³-hybridized carbons (Fsp3) is 0.435. The van der Waals surface area contributed by atoms with E-state index in [1.807, 2.05) is 27.0 Å². The Kier molecular flexibility index (Phi) is 6.84. The average Bonchev–Trinajstić information content (AvgIpc) is 3.06. The Bertz CT molecular complexity index is 992. The molecule has 31 heavy (non-hydrogen) atoms. The van der Waals surface area contributed by atoms with E-state index < -0.39 is 11.7 Å². The van der Waals surface area contributed by atoms with Crippen LogP contribution in [0.3, 0.4) is 0 Å². The largest absolute Gasteiger partial charge is 0.355 e. The average molecular weight is 447 g/mol. The number of carbonyl (C=O) groups excluding carboxylic acids is 2. The van der Waals surface area contributed by atoms with Gasteiger partial charge in [-0.1, -0.05) is 19.1 Å². The summed E-state index contributed by atoms with van der Waals surface area (Å²) in [4.78, 5) is 33.4. The molecule has 6 nitrogen and oxygen atoms in total. The molecule has 4 rings (SSSR count). The zero-order valence-corrected chi connectivity index (χ0v) is 18.8. The van der Waals surface area contributed by atoms with E-state index in [2.05, 4.69) is 21.3 Å². The summed E-state index contributed by atoms with van der Waals surface area (Å²) < 4.78 is 14.8. The van der Waals surface area contributed by atoms with Crippen molar-refractivity contribution >= 4 is 30.0 Å². The van der Waals surface area contributed by atoms with Crippen LogP contribution in [0, 0.1) is 25.6 Å². The second kappa shape index (κ2) is 9.22. The van der Waals surface area contributed by atoms with Gasteiger partial charge in [-0.2, -0.15) is 0 Å². The molecule has 2 amide bonds. The van der Waals surface area contributed by atoms with Gasteiger partial charge in [0.25, 0.3) is 5.91 Å². The number of piperazine rings is 1. The van der Waals surface area contributed by atoms with Gasteiger partial charge in [-0.15, -0.1) is 12.4 Å². The van der Waals surface area contributed by atoms with Crippen molar-refractivity contribution in [3.8, 4) is 0 Å². The third kappa shape index (κ3) is 4.51. The smallest absolute Gasteiger partial charge is 0.254 e. The van der Waals surface area contributed by atoms with Crippen molar-refractivity contribution < 1.29 is 14.0 Å². The lowest BCUT2D eigenvalue weighted by Crippen LogP contribution is -2.49.